The highest BCUT2D eigenvalue weighted by molar-refractivity contribution is 5.90. The van der Waals surface area contributed by atoms with Crippen molar-refractivity contribution in [3.05, 3.63) is 72.7 Å². The smallest absolute Gasteiger partial charge is 0.338 e. The summed E-state index contributed by atoms with van der Waals surface area (Å²) < 4.78 is 7.23. The molecule has 0 saturated heterocycles. The monoisotopic (exact) mass is 402 g/mol. The number of aromatic nitrogens is 3. The van der Waals surface area contributed by atoms with E-state index >= 15 is 0 Å². The van der Waals surface area contributed by atoms with Crippen molar-refractivity contribution in [2.75, 3.05) is 27.2 Å². The number of carbonyl (C=O) groups is 1. The fourth-order valence-corrected chi connectivity index (χ4v) is 3.07. The normalized spacial score (nSPS) is 11.2. The Balaban J connectivity index is 1.58. The highest BCUT2D eigenvalue weighted by Gasteiger charge is 2.11. The highest BCUT2D eigenvalue weighted by Crippen LogP contribution is 2.25. The zero-order valence-electron chi connectivity index (χ0n) is 16.8. The average molecular weight is 402 g/mol. The van der Waals surface area contributed by atoms with Crippen molar-refractivity contribution in [2.45, 2.75) is 0 Å². The van der Waals surface area contributed by atoms with Crippen molar-refractivity contribution in [3.8, 4) is 28.3 Å². The molecule has 2 aromatic heterocycles. The van der Waals surface area contributed by atoms with Gasteiger partial charge in [-0.2, -0.15) is 0 Å². The number of esters is 1. The maximum Gasteiger partial charge on any atom is 0.338 e. The first kappa shape index (κ1) is 19.6. The zero-order valence-corrected chi connectivity index (χ0v) is 16.8. The number of hydrogen-bond donors (Lipinski definition) is 1. The summed E-state index contributed by atoms with van der Waals surface area (Å²) in [5.74, 6) is -0.119. The fourth-order valence-electron chi connectivity index (χ4n) is 3.07. The van der Waals surface area contributed by atoms with Gasteiger partial charge in [-0.25, -0.2) is 9.78 Å². The third-order valence-corrected chi connectivity index (χ3v) is 4.75. The van der Waals surface area contributed by atoms with Crippen LogP contribution < -0.4 is 0 Å². The molecule has 30 heavy (non-hydrogen) atoms. The molecule has 7 nitrogen and oxygen atoms in total. The molecule has 2 heterocycles. The molecule has 4 aromatic rings. The third-order valence-electron chi connectivity index (χ3n) is 4.75. The van der Waals surface area contributed by atoms with Crippen LogP contribution in [0.4, 0.5) is 0 Å². The molecular formula is C23H22N4O3. The molecule has 0 radical (unpaired) electrons. The molecule has 0 aliphatic rings. The van der Waals surface area contributed by atoms with Crippen molar-refractivity contribution in [1.82, 2.24) is 19.3 Å². The van der Waals surface area contributed by atoms with Crippen molar-refractivity contribution >= 4 is 11.6 Å². The van der Waals surface area contributed by atoms with E-state index in [0.717, 1.165) is 28.2 Å². The van der Waals surface area contributed by atoms with E-state index in [0.29, 0.717) is 18.7 Å². The van der Waals surface area contributed by atoms with Gasteiger partial charge in [-0.3, -0.25) is 9.38 Å². The van der Waals surface area contributed by atoms with Gasteiger partial charge in [0.05, 0.1) is 29.3 Å². The van der Waals surface area contributed by atoms with Gasteiger partial charge in [-0.05, 0) is 50.5 Å². The van der Waals surface area contributed by atoms with Crippen molar-refractivity contribution in [1.29, 1.82) is 0 Å². The van der Waals surface area contributed by atoms with Gasteiger partial charge in [0, 0.05) is 23.9 Å². The highest BCUT2D eigenvalue weighted by atomic mass is 16.5. The predicted molar refractivity (Wildman–Crippen MR) is 114 cm³/mol. The number of carbonyl (C=O) groups excluding carboxylic acids is 1. The van der Waals surface area contributed by atoms with Crippen LogP contribution >= 0.6 is 0 Å². The predicted octanol–water partition coefficient (Wildman–Crippen LogP) is 3.49. The van der Waals surface area contributed by atoms with Gasteiger partial charge < -0.3 is 14.7 Å². The molecule has 2 aromatic carbocycles. The van der Waals surface area contributed by atoms with Crippen LogP contribution in [0.5, 0.6) is 5.75 Å². The largest absolute Gasteiger partial charge is 0.508 e. The van der Waals surface area contributed by atoms with Gasteiger partial charge in [0.2, 0.25) is 0 Å². The average Bonchev–Trinajstić information content (AvgIpc) is 3.17. The Kier molecular flexibility index (Phi) is 5.45. The van der Waals surface area contributed by atoms with Crippen LogP contribution in [0.1, 0.15) is 10.4 Å². The lowest BCUT2D eigenvalue weighted by molar-refractivity contribution is 0.0482. The molecule has 0 saturated carbocycles. The van der Waals surface area contributed by atoms with Crippen molar-refractivity contribution < 1.29 is 14.6 Å². The van der Waals surface area contributed by atoms with Crippen LogP contribution in [0.15, 0.2) is 67.1 Å². The number of nitrogens with zero attached hydrogens (tertiary/aromatic N) is 4. The summed E-state index contributed by atoms with van der Waals surface area (Å²) in [6.07, 6.45) is 5.40. The minimum Gasteiger partial charge on any atom is -0.508 e. The number of likely N-dealkylation sites (N-methyl/N-ethyl adjacent to an activating group) is 1. The van der Waals surface area contributed by atoms with Crippen LogP contribution in [-0.2, 0) is 4.74 Å². The van der Waals surface area contributed by atoms with Crippen LogP contribution in [-0.4, -0.2) is 57.6 Å². The number of imidazole rings is 1. The minimum atomic E-state index is -0.337. The summed E-state index contributed by atoms with van der Waals surface area (Å²) in [5.41, 5.74) is 4.71. The molecule has 0 aliphatic heterocycles. The lowest BCUT2D eigenvalue weighted by atomic mass is 10.1. The number of rotatable bonds is 6. The summed E-state index contributed by atoms with van der Waals surface area (Å²) in [5, 5.41) is 9.53. The number of fused-ring (bicyclic) bond motifs is 1. The Morgan fingerprint density at radius 3 is 2.40 bits per heavy atom. The van der Waals surface area contributed by atoms with Crippen molar-refractivity contribution in [2.24, 2.45) is 0 Å². The molecule has 0 fully saturated rings. The van der Waals surface area contributed by atoms with E-state index in [4.69, 9.17) is 4.74 Å². The molecule has 4 rings (SSSR count). The first-order valence-electron chi connectivity index (χ1n) is 9.56. The second-order valence-electron chi connectivity index (χ2n) is 7.21. The molecule has 0 aliphatic carbocycles. The quantitative estimate of drug-likeness (QED) is 0.498. The maximum atomic E-state index is 12.2. The lowest BCUT2D eigenvalue weighted by Gasteiger charge is -2.10. The van der Waals surface area contributed by atoms with Gasteiger partial charge in [-0.1, -0.05) is 12.1 Å². The van der Waals surface area contributed by atoms with Crippen LogP contribution in [0.25, 0.3) is 28.2 Å². The molecule has 152 valence electrons. The van der Waals surface area contributed by atoms with Gasteiger partial charge in [0.25, 0.3) is 0 Å². The number of phenols is 1. The van der Waals surface area contributed by atoms with Crippen molar-refractivity contribution in [3.63, 3.8) is 0 Å². The van der Waals surface area contributed by atoms with Crippen LogP contribution in [0, 0.1) is 0 Å². The summed E-state index contributed by atoms with van der Waals surface area (Å²) in [7, 11) is 3.86. The Bertz CT molecular complexity index is 1170. The molecule has 7 heteroatoms. The minimum absolute atomic E-state index is 0.218. The van der Waals surface area contributed by atoms with Gasteiger partial charge in [0.15, 0.2) is 5.65 Å². The van der Waals surface area contributed by atoms with E-state index in [1.807, 2.05) is 53.9 Å². The number of benzene rings is 2. The first-order chi connectivity index (χ1) is 14.5. The van der Waals surface area contributed by atoms with Gasteiger partial charge >= 0.3 is 5.97 Å². The molecule has 0 unspecified atom stereocenters. The second-order valence-corrected chi connectivity index (χ2v) is 7.21. The first-order valence-corrected chi connectivity index (χ1v) is 9.56. The Hall–Kier alpha value is -3.71. The van der Waals surface area contributed by atoms with E-state index in [9.17, 15) is 9.90 Å². The van der Waals surface area contributed by atoms with Crippen LogP contribution in [0.2, 0.25) is 0 Å². The van der Waals surface area contributed by atoms with E-state index in [2.05, 4.69) is 9.97 Å². The zero-order chi connectivity index (χ0) is 21.1. The number of aromatic hydroxyl groups is 1. The fraction of sp³-hybridized carbons (Fsp3) is 0.174. The Morgan fingerprint density at radius 1 is 1.00 bits per heavy atom. The maximum absolute atomic E-state index is 12.2. The molecule has 0 amide bonds. The third kappa shape index (κ3) is 4.16. The van der Waals surface area contributed by atoms with Gasteiger partial charge in [0.1, 0.15) is 12.4 Å². The van der Waals surface area contributed by atoms with E-state index in [-0.39, 0.29) is 11.7 Å². The second kappa shape index (κ2) is 8.34. The Labute approximate surface area is 174 Å². The standard InChI is InChI=1S/C23H22N4O3/c1-26(2)11-12-30-23(29)18-5-3-16(4-6-18)20-15-27-21(13-25-22(27)14-24-20)17-7-9-19(28)10-8-17/h3-10,13-15,28H,11-12H2,1-2H3. The van der Waals surface area contributed by atoms with Crippen LogP contribution in [0.3, 0.4) is 0 Å². The van der Waals surface area contributed by atoms with E-state index in [1.165, 1.54) is 0 Å². The SMILES string of the molecule is CN(C)CCOC(=O)c1ccc(-c2cn3c(-c4ccc(O)cc4)cnc3cn2)cc1. The molecule has 0 spiro atoms. The Morgan fingerprint density at radius 2 is 1.70 bits per heavy atom. The van der Waals surface area contributed by atoms with Gasteiger partial charge in [-0.15, -0.1) is 0 Å². The summed E-state index contributed by atoms with van der Waals surface area (Å²) >= 11 is 0. The molecule has 0 bridgehead atoms. The summed E-state index contributed by atoms with van der Waals surface area (Å²) in [6, 6.07) is 14.2. The van der Waals surface area contributed by atoms with E-state index in [1.54, 1.807) is 36.7 Å². The number of ether oxygens (including phenoxy) is 1. The molecular weight excluding hydrogens is 380 g/mol. The number of hydrogen-bond acceptors (Lipinski definition) is 6. The van der Waals surface area contributed by atoms with E-state index < -0.39 is 0 Å². The summed E-state index contributed by atoms with van der Waals surface area (Å²) in [6.45, 7) is 1.04. The number of phenolic OH excluding ortho intramolecular Hbond substituents is 1. The summed E-state index contributed by atoms with van der Waals surface area (Å²) in [4.78, 5) is 23.0. The molecule has 1 N–H and O–H groups in total. The molecule has 0 atom stereocenters. The lowest BCUT2D eigenvalue weighted by Crippen LogP contribution is -2.20. The topological polar surface area (TPSA) is 80.0 Å².